The van der Waals surface area contributed by atoms with Gasteiger partial charge in [0.1, 0.15) is 12.4 Å². The van der Waals surface area contributed by atoms with Crippen molar-refractivity contribution in [2.45, 2.75) is 6.92 Å². The molecule has 0 aromatic rings. The number of allylic oxidation sites excluding steroid dienone is 1. The quantitative estimate of drug-likeness (QED) is 0.378. The molecule has 0 unspecified atom stereocenters. The van der Waals surface area contributed by atoms with Gasteiger partial charge in [-0.05, 0) is 0 Å². The third kappa shape index (κ3) is 5.87. The highest BCUT2D eigenvalue weighted by molar-refractivity contribution is 7.85. The van der Waals surface area contributed by atoms with Crippen molar-refractivity contribution in [1.82, 2.24) is 0 Å². The van der Waals surface area contributed by atoms with Crippen LogP contribution >= 0.6 is 0 Å². The first-order valence-electron chi connectivity index (χ1n) is 3.11. The number of carbonyl (C=O) groups excluding carboxylic acids is 1. The van der Waals surface area contributed by atoms with E-state index in [9.17, 15) is 13.2 Å². The molecule has 0 atom stereocenters. The van der Waals surface area contributed by atoms with Gasteiger partial charge < -0.3 is 4.74 Å². The van der Waals surface area contributed by atoms with Crippen LogP contribution < -0.4 is 0 Å². The van der Waals surface area contributed by atoms with Crippen LogP contribution in [0.5, 0.6) is 0 Å². The molecule has 0 aliphatic heterocycles. The van der Waals surface area contributed by atoms with E-state index in [0.29, 0.717) is 0 Å². The first kappa shape index (κ1) is 11.1. The van der Waals surface area contributed by atoms with Gasteiger partial charge in [-0.2, -0.15) is 8.42 Å². The smallest absolute Gasteiger partial charge is 0.268 e. The summed E-state index contributed by atoms with van der Waals surface area (Å²) in [7, 11) is -4.02. The van der Waals surface area contributed by atoms with Gasteiger partial charge in [-0.1, -0.05) is 6.58 Å². The molecular formula is C6H10O5S. The molecule has 0 fully saturated rings. The van der Waals surface area contributed by atoms with Gasteiger partial charge in [-0.3, -0.25) is 9.35 Å². The second-order valence-electron chi connectivity index (χ2n) is 2.11. The van der Waals surface area contributed by atoms with Crippen LogP contribution in [0.2, 0.25) is 0 Å². The Bertz CT molecular complexity index is 276. The molecule has 0 aliphatic carbocycles. The minimum Gasteiger partial charge on any atom is -0.489 e. The van der Waals surface area contributed by atoms with E-state index in [0.717, 1.165) is 0 Å². The van der Waals surface area contributed by atoms with Crippen LogP contribution in [0, 0.1) is 0 Å². The van der Waals surface area contributed by atoms with Crippen molar-refractivity contribution in [3.63, 3.8) is 0 Å². The van der Waals surface area contributed by atoms with Crippen molar-refractivity contribution in [3.05, 3.63) is 12.3 Å². The van der Waals surface area contributed by atoms with E-state index in [2.05, 4.69) is 11.3 Å². The first-order chi connectivity index (χ1) is 5.33. The molecule has 0 saturated heterocycles. The lowest BCUT2D eigenvalue weighted by Gasteiger charge is -2.03. The number of ketones is 1. The molecule has 1 N–H and O–H groups in total. The van der Waals surface area contributed by atoms with Crippen molar-refractivity contribution >= 4 is 15.9 Å². The Labute approximate surface area is 70.8 Å². The lowest BCUT2D eigenvalue weighted by molar-refractivity contribution is -0.116. The van der Waals surface area contributed by atoms with Gasteiger partial charge in [-0.15, -0.1) is 0 Å². The monoisotopic (exact) mass is 194 g/mol. The zero-order valence-electron chi connectivity index (χ0n) is 6.61. The van der Waals surface area contributed by atoms with Crippen LogP contribution in [-0.2, 0) is 19.6 Å². The van der Waals surface area contributed by atoms with E-state index in [1.807, 2.05) is 0 Å². The molecule has 0 rings (SSSR count). The topological polar surface area (TPSA) is 80.7 Å². The molecule has 0 amide bonds. The second kappa shape index (κ2) is 4.22. The molecule has 5 nitrogen and oxygen atoms in total. The van der Waals surface area contributed by atoms with Crippen LogP contribution in [0.3, 0.4) is 0 Å². The van der Waals surface area contributed by atoms with E-state index in [1.165, 1.54) is 6.92 Å². The number of Topliss-reactive ketones (excluding diaryl/α,β-unsaturated/α-hetero) is 1. The Hall–Kier alpha value is -0.880. The van der Waals surface area contributed by atoms with E-state index < -0.39 is 15.9 Å². The molecule has 0 radical (unpaired) electrons. The fraction of sp³-hybridized carbons (Fsp3) is 0.500. The van der Waals surface area contributed by atoms with Gasteiger partial charge in [0.15, 0.2) is 11.5 Å². The fourth-order valence-corrected chi connectivity index (χ4v) is 0.666. The van der Waals surface area contributed by atoms with Crippen LogP contribution in [-0.4, -0.2) is 31.1 Å². The third-order valence-electron chi connectivity index (χ3n) is 1.01. The maximum absolute atomic E-state index is 10.5. The minimum atomic E-state index is -4.02. The number of ether oxygens (including phenoxy) is 1. The summed E-state index contributed by atoms with van der Waals surface area (Å²) in [6.07, 6.45) is 0. The average molecular weight is 194 g/mol. The number of hydrogen-bond acceptors (Lipinski definition) is 4. The summed E-state index contributed by atoms with van der Waals surface area (Å²) < 4.78 is 33.1. The van der Waals surface area contributed by atoms with E-state index in [1.54, 1.807) is 0 Å². The highest BCUT2D eigenvalue weighted by atomic mass is 32.2. The van der Waals surface area contributed by atoms with Crippen molar-refractivity contribution in [2.75, 3.05) is 12.4 Å². The van der Waals surface area contributed by atoms with Crippen LogP contribution in [0.1, 0.15) is 6.92 Å². The zero-order chi connectivity index (χ0) is 9.78. The predicted octanol–water partition coefficient (Wildman–Crippen LogP) is -0.00650. The summed E-state index contributed by atoms with van der Waals surface area (Å²) in [6, 6.07) is 0. The van der Waals surface area contributed by atoms with Gasteiger partial charge >= 0.3 is 0 Å². The predicted molar refractivity (Wildman–Crippen MR) is 42.2 cm³/mol. The molecule has 12 heavy (non-hydrogen) atoms. The minimum absolute atomic E-state index is 0.112. The Morgan fingerprint density at radius 1 is 1.58 bits per heavy atom. The van der Waals surface area contributed by atoms with Gasteiger partial charge in [0, 0.05) is 6.92 Å². The standard InChI is InChI=1S/C6H10O5S/c1-5(7)6(2)11-3-4-12(8,9)10/h2-4H2,1H3,(H,8,9,10). The summed E-state index contributed by atoms with van der Waals surface area (Å²) in [4.78, 5) is 10.5. The van der Waals surface area contributed by atoms with Crippen molar-refractivity contribution in [2.24, 2.45) is 0 Å². The highest BCUT2D eigenvalue weighted by Gasteiger charge is 2.06. The lowest BCUT2D eigenvalue weighted by atomic mass is 10.4. The molecule has 0 aromatic carbocycles. The average Bonchev–Trinajstić information content (AvgIpc) is 1.84. The number of hydrogen-bond donors (Lipinski definition) is 1. The SMILES string of the molecule is C=C(OCCS(=O)(=O)O)C(C)=O. The summed E-state index contributed by atoms with van der Waals surface area (Å²) in [5, 5.41) is 0. The van der Waals surface area contributed by atoms with Crippen molar-refractivity contribution < 1.29 is 22.5 Å². The summed E-state index contributed by atoms with van der Waals surface area (Å²) in [5.74, 6) is -1.02. The molecule has 0 bridgehead atoms. The molecule has 0 spiro atoms. The number of rotatable bonds is 5. The molecule has 0 aromatic heterocycles. The Balaban J connectivity index is 3.73. The summed E-state index contributed by atoms with van der Waals surface area (Å²) in [5.41, 5.74) is 0. The van der Waals surface area contributed by atoms with Gasteiger partial charge in [0.25, 0.3) is 10.1 Å². The molecule has 0 aliphatic rings. The van der Waals surface area contributed by atoms with Gasteiger partial charge in [-0.25, -0.2) is 0 Å². The normalized spacial score (nSPS) is 10.8. The Kier molecular flexibility index (Phi) is 3.91. The van der Waals surface area contributed by atoms with Gasteiger partial charge in [0.05, 0.1) is 0 Å². The zero-order valence-corrected chi connectivity index (χ0v) is 7.43. The Morgan fingerprint density at radius 2 is 2.08 bits per heavy atom. The molecule has 0 heterocycles. The van der Waals surface area contributed by atoms with Crippen LogP contribution in [0.25, 0.3) is 0 Å². The lowest BCUT2D eigenvalue weighted by Crippen LogP contribution is -2.12. The van der Waals surface area contributed by atoms with E-state index >= 15 is 0 Å². The molecule has 6 heteroatoms. The largest absolute Gasteiger partial charge is 0.489 e. The van der Waals surface area contributed by atoms with Crippen molar-refractivity contribution in [1.29, 1.82) is 0 Å². The summed E-state index contributed by atoms with van der Waals surface area (Å²) >= 11 is 0. The number of carbonyl (C=O) groups is 1. The Morgan fingerprint density at radius 3 is 2.42 bits per heavy atom. The van der Waals surface area contributed by atoms with Gasteiger partial charge in [0.2, 0.25) is 0 Å². The molecular weight excluding hydrogens is 184 g/mol. The highest BCUT2D eigenvalue weighted by Crippen LogP contribution is 1.95. The van der Waals surface area contributed by atoms with E-state index in [4.69, 9.17) is 4.55 Å². The molecule has 0 saturated carbocycles. The van der Waals surface area contributed by atoms with Crippen molar-refractivity contribution in [3.8, 4) is 0 Å². The summed E-state index contributed by atoms with van der Waals surface area (Å²) in [6.45, 7) is 4.20. The van der Waals surface area contributed by atoms with Crippen LogP contribution in [0.4, 0.5) is 0 Å². The maximum atomic E-state index is 10.5. The van der Waals surface area contributed by atoms with E-state index in [-0.39, 0.29) is 18.1 Å². The fourth-order valence-electron chi connectivity index (χ4n) is 0.372. The molecule has 70 valence electrons. The second-order valence-corrected chi connectivity index (χ2v) is 3.69. The maximum Gasteiger partial charge on any atom is 0.268 e. The van der Waals surface area contributed by atoms with Crippen LogP contribution in [0.15, 0.2) is 12.3 Å². The third-order valence-corrected chi connectivity index (χ3v) is 1.69. The first-order valence-corrected chi connectivity index (χ1v) is 4.71.